The maximum Gasteiger partial charge on any atom is 0.220 e. The van der Waals surface area contributed by atoms with Crippen molar-refractivity contribution in [3.05, 3.63) is 108 Å². The lowest BCUT2D eigenvalue weighted by Gasteiger charge is -2.18. The van der Waals surface area contributed by atoms with Gasteiger partial charge < -0.3 is 4.74 Å². The minimum absolute atomic E-state index is 0.144. The van der Waals surface area contributed by atoms with Gasteiger partial charge in [-0.25, -0.2) is 4.39 Å². The fourth-order valence-electron chi connectivity index (χ4n) is 3.47. The molecule has 0 spiro atoms. The molecular formula is C24H18BrCl2FN4O3S. The number of nitrogens with zero attached hydrogens (tertiary/aromatic N) is 4. The van der Waals surface area contributed by atoms with Gasteiger partial charge in [-0.1, -0.05) is 57.0 Å². The molecule has 0 saturated carbocycles. The number of nitro groups is 1. The van der Waals surface area contributed by atoms with Crippen molar-refractivity contribution in [1.29, 1.82) is 0 Å². The van der Waals surface area contributed by atoms with E-state index in [0.29, 0.717) is 38.0 Å². The van der Waals surface area contributed by atoms with Crippen LogP contribution in [0.2, 0.25) is 10.0 Å². The van der Waals surface area contributed by atoms with Crippen LogP contribution in [0.3, 0.4) is 0 Å². The summed E-state index contributed by atoms with van der Waals surface area (Å²) >= 11 is 16.9. The molecule has 4 aromatic rings. The van der Waals surface area contributed by atoms with Crippen molar-refractivity contribution < 1.29 is 14.1 Å². The Hall–Kier alpha value is -2.66. The standard InChI is InChI=1S/C24H18BrCl2FN4O3S/c1-14-29-30-24(32(14)19-7-5-18(28)6-8-19)36-23(12-31(33)34)20-10-16(25)3-9-22(20)35-13-15-2-4-17(26)11-21(15)27/h2-11,23H,12-13H2,1H3/t23-/m0/s1. The van der Waals surface area contributed by atoms with Gasteiger partial charge in [-0.3, -0.25) is 14.7 Å². The second kappa shape index (κ2) is 11.6. The van der Waals surface area contributed by atoms with Crippen LogP contribution in [0.5, 0.6) is 5.75 Å². The van der Waals surface area contributed by atoms with E-state index in [1.807, 2.05) is 0 Å². The average molecular weight is 612 g/mol. The predicted octanol–water partition coefficient (Wildman–Crippen LogP) is 7.47. The molecule has 0 aliphatic rings. The van der Waals surface area contributed by atoms with Crippen LogP contribution in [-0.4, -0.2) is 26.2 Å². The van der Waals surface area contributed by atoms with Gasteiger partial charge >= 0.3 is 0 Å². The average Bonchev–Trinajstić information content (AvgIpc) is 3.19. The van der Waals surface area contributed by atoms with E-state index in [2.05, 4.69) is 26.1 Å². The maximum atomic E-state index is 13.5. The number of benzene rings is 3. The summed E-state index contributed by atoms with van der Waals surface area (Å²) in [6, 6.07) is 16.3. The minimum atomic E-state index is -0.670. The van der Waals surface area contributed by atoms with Gasteiger partial charge in [-0.2, -0.15) is 0 Å². The first-order valence-corrected chi connectivity index (χ1v) is 13.0. The summed E-state index contributed by atoms with van der Waals surface area (Å²) in [5, 5.41) is 20.7. The normalized spacial score (nSPS) is 11.9. The third-order valence-electron chi connectivity index (χ3n) is 5.16. The smallest absolute Gasteiger partial charge is 0.220 e. The number of hydrogen-bond acceptors (Lipinski definition) is 6. The van der Waals surface area contributed by atoms with Crippen molar-refractivity contribution in [3.8, 4) is 11.4 Å². The number of ether oxygens (including phenoxy) is 1. The molecule has 36 heavy (non-hydrogen) atoms. The van der Waals surface area contributed by atoms with Gasteiger partial charge in [0, 0.05) is 36.3 Å². The molecule has 1 atom stereocenters. The predicted molar refractivity (Wildman–Crippen MR) is 141 cm³/mol. The quantitative estimate of drug-likeness (QED) is 0.111. The summed E-state index contributed by atoms with van der Waals surface area (Å²) in [7, 11) is 0. The van der Waals surface area contributed by atoms with Crippen molar-refractivity contribution in [3.63, 3.8) is 0 Å². The second-order valence-corrected chi connectivity index (χ2v) is 10.6. The van der Waals surface area contributed by atoms with Crippen LogP contribution in [0, 0.1) is 22.9 Å². The van der Waals surface area contributed by atoms with Gasteiger partial charge in [0.2, 0.25) is 6.54 Å². The third kappa shape index (κ3) is 6.36. The van der Waals surface area contributed by atoms with E-state index < -0.39 is 11.8 Å². The van der Waals surface area contributed by atoms with Crippen molar-refractivity contribution in [2.45, 2.75) is 23.9 Å². The second-order valence-electron chi connectivity index (χ2n) is 7.67. The molecule has 1 heterocycles. The number of halogens is 4. The van der Waals surface area contributed by atoms with Gasteiger partial charge in [0.25, 0.3) is 0 Å². The van der Waals surface area contributed by atoms with Crippen LogP contribution in [0.4, 0.5) is 4.39 Å². The Morgan fingerprint density at radius 2 is 1.89 bits per heavy atom. The first kappa shape index (κ1) is 26.4. The molecule has 4 rings (SSSR count). The highest BCUT2D eigenvalue weighted by Gasteiger charge is 2.27. The molecule has 0 fully saturated rings. The Bertz CT molecular complexity index is 1400. The Morgan fingerprint density at radius 3 is 2.58 bits per heavy atom. The third-order valence-corrected chi connectivity index (χ3v) is 7.40. The van der Waals surface area contributed by atoms with Crippen molar-refractivity contribution in [2.24, 2.45) is 0 Å². The Morgan fingerprint density at radius 1 is 1.14 bits per heavy atom. The molecule has 0 radical (unpaired) electrons. The van der Waals surface area contributed by atoms with Crippen LogP contribution in [0.1, 0.15) is 22.2 Å². The lowest BCUT2D eigenvalue weighted by molar-refractivity contribution is -0.479. The summed E-state index contributed by atoms with van der Waals surface area (Å²) in [6.07, 6.45) is 0. The highest BCUT2D eigenvalue weighted by atomic mass is 79.9. The summed E-state index contributed by atoms with van der Waals surface area (Å²) in [4.78, 5) is 11.3. The van der Waals surface area contributed by atoms with E-state index in [1.165, 1.54) is 23.9 Å². The number of aryl methyl sites for hydroxylation is 1. The van der Waals surface area contributed by atoms with Crippen LogP contribution in [0.15, 0.2) is 70.3 Å². The molecule has 0 saturated heterocycles. The molecule has 0 N–H and O–H groups in total. The van der Waals surface area contributed by atoms with Crippen molar-refractivity contribution in [1.82, 2.24) is 14.8 Å². The van der Waals surface area contributed by atoms with E-state index >= 15 is 0 Å². The van der Waals surface area contributed by atoms with Gasteiger partial charge in [0.1, 0.15) is 29.2 Å². The number of thioether (sulfide) groups is 1. The topological polar surface area (TPSA) is 83.1 Å². The molecule has 1 aromatic heterocycles. The molecular weight excluding hydrogens is 594 g/mol. The SMILES string of the molecule is Cc1nnc(S[C@@H](C[N+](=O)[O-])c2cc(Br)ccc2OCc2ccc(Cl)cc2Cl)n1-c1ccc(F)cc1. The van der Waals surface area contributed by atoms with Crippen molar-refractivity contribution in [2.75, 3.05) is 6.54 Å². The first-order valence-electron chi connectivity index (χ1n) is 10.5. The summed E-state index contributed by atoms with van der Waals surface area (Å²) in [5.41, 5.74) is 1.96. The highest BCUT2D eigenvalue weighted by Crippen LogP contribution is 2.41. The molecule has 0 amide bonds. The van der Waals surface area contributed by atoms with Gasteiger partial charge in [0.15, 0.2) is 5.16 Å². The zero-order chi connectivity index (χ0) is 25.8. The summed E-state index contributed by atoms with van der Waals surface area (Å²) in [6.45, 7) is 1.51. The van der Waals surface area contributed by atoms with E-state index in [0.717, 1.165) is 10.0 Å². The number of aromatic nitrogens is 3. The van der Waals surface area contributed by atoms with Crippen LogP contribution in [0.25, 0.3) is 5.69 Å². The fourth-order valence-corrected chi connectivity index (χ4v) is 5.50. The highest BCUT2D eigenvalue weighted by molar-refractivity contribution is 9.10. The Kier molecular flexibility index (Phi) is 8.50. The van der Waals surface area contributed by atoms with E-state index in [-0.39, 0.29) is 17.3 Å². The van der Waals surface area contributed by atoms with Crippen molar-refractivity contribution >= 4 is 50.9 Å². The number of rotatable bonds is 9. The molecule has 0 aliphatic heterocycles. The van der Waals surface area contributed by atoms with Crippen LogP contribution >= 0.6 is 50.9 Å². The van der Waals surface area contributed by atoms with E-state index in [1.54, 1.807) is 60.0 Å². The maximum absolute atomic E-state index is 13.5. The zero-order valence-electron chi connectivity index (χ0n) is 18.7. The first-order chi connectivity index (χ1) is 17.2. The molecule has 3 aromatic carbocycles. The molecule has 12 heteroatoms. The van der Waals surface area contributed by atoms with E-state index in [4.69, 9.17) is 27.9 Å². The molecule has 7 nitrogen and oxygen atoms in total. The minimum Gasteiger partial charge on any atom is -0.489 e. The Balaban J connectivity index is 1.68. The van der Waals surface area contributed by atoms with Crippen LogP contribution in [-0.2, 0) is 6.61 Å². The number of hydrogen-bond donors (Lipinski definition) is 0. The molecule has 0 bridgehead atoms. The molecule has 186 valence electrons. The largest absolute Gasteiger partial charge is 0.489 e. The van der Waals surface area contributed by atoms with Gasteiger partial charge in [0.05, 0.1) is 0 Å². The van der Waals surface area contributed by atoms with Gasteiger partial charge in [-0.05, 0) is 61.5 Å². The summed E-state index contributed by atoms with van der Waals surface area (Å²) in [5.74, 6) is 0.654. The van der Waals surface area contributed by atoms with E-state index in [9.17, 15) is 14.5 Å². The lowest BCUT2D eigenvalue weighted by atomic mass is 10.1. The van der Waals surface area contributed by atoms with Crippen LogP contribution < -0.4 is 4.74 Å². The lowest BCUT2D eigenvalue weighted by Crippen LogP contribution is -2.13. The molecule has 0 unspecified atom stereocenters. The molecule has 0 aliphatic carbocycles. The Labute approximate surface area is 228 Å². The monoisotopic (exact) mass is 610 g/mol. The summed E-state index contributed by atoms with van der Waals surface area (Å²) < 4.78 is 22.0. The fraction of sp³-hybridized carbons (Fsp3) is 0.167. The zero-order valence-corrected chi connectivity index (χ0v) is 22.6. The van der Waals surface area contributed by atoms with Gasteiger partial charge in [-0.15, -0.1) is 10.2 Å².